The van der Waals surface area contributed by atoms with Crippen LogP contribution in [0.25, 0.3) is 0 Å². The highest BCUT2D eigenvalue weighted by molar-refractivity contribution is 5.96. The van der Waals surface area contributed by atoms with Crippen LogP contribution in [0.2, 0.25) is 0 Å². The molecule has 0 saturated heterocycles. The number of carbonyl (C=O) groups excluding carboxylic acids is 1. The minimum atomic E-state index is -0.210. The molecule has 0 aliphatic carbocycles. The monoisotopic (exact) mass is 211 g/mol. The normalized spacial score (nSPS) is 11.4. The van der Waals surface area contributed by atoms with Crippen molar-refractivity contribution in [2.45, 2.75) is 6.92 Å². The van der Waals surface area contributed by atoms with Gasteiger partial charge in [-0.05, 0) is 13.0 Å². The smallest absolute Gasteiger partial charge is 0.257 e. The summed E-state index contributed by atoms with van der Waals surface area (Å²) in [6, 6.07) is 1.57. The zero-order valence-electron chi connectivity index (χ0n) is 8.38. The van der Waals surface area contributed by atoms with Crippen molar-refractivity contribution in [1.82, 2.24) is 4.90 Å². The van der Waals surface area contributed by atoms with Gasteiger partial charge in [0.2, 0.25) is 0 Å². The predicted molar refractivity (Wildman–Crippen MR) is 53.7 cm³/mol. The molecule has 1 aromatic heterocycles. The lowest BCUT2D eigenvalue weighted by Gasteiger charge is -2.18. The van der Waals surface area contributed by atoms with Crippen molar-refractivity contribution in [3.8, 4) is 0 Å². The fourth-order valence-electron chi connectivity index (χ4n) is 1.12. The Morgan fingerprint density at radius 1 is 1.73 bits per heavy atom. The second-order valence-electron chi connectivity index (χ2n) is 2.92. The van der Waals surface area contributed by atoms with Crippen LogP contribution in [0, 0.1) is 0 Å². The largest absolute Gasteiger partial charge is 0.472 e. The van der Waals surface area contributed by atoms with Crippen LogP contribution < -0.4 is 5.73 Å². The highest BCUT2D eigenvalue weighted by Crippen LogP contribution is 2.05. The third kappa shape index (κ3) is 2.73. The minimum Gasteiger partial charge on any atom is -0.472 e. The molecule has 1 heterocycles. The van der Waals surface area contributed by atoms with E-state index in [0.29, 0.717) is 12.1 Å². The van der Waals surface area contributed by atoms with E-state index in [0.717, 1.165) is 0 Å². The number of likely N-dealkylation sites (N-methyl/N-ethyl adjacent to an activating group) is 1. The quantitative estimate of drug-likeness (QED) is 0.328. The molecule has 1 rings (SSSR count). The SMILES string of the molecule is CCN(CC(N)=NO)C(=O)c1ccoc1. The van der Waals surface area contributed by atoms with Gasteiger partial charge in [-0.1, -0.05) is 5.16 Å². The van der Waals surface area contributed by atoms with Gasteiger partial charge in [-0.3, -0.25) is 4.79 Å². The van der Waals surface area contributed by atoms with Crippen LogP contribution in [-0.2, 0) is 0 Å². The zero-order valence-corrected chi connectivity index (χ0v) is 8.38. The number of oxime groups is 1. The number of nitrogens with two attached hydrogens (primary N) is 1. The summed E-state index contributed by atoms with van der Waals surface area (Å²) in [6.45, 7) is 2.37. The molecule has 15 heavy (non-hydrogen) atoms. The second kappa shape index (κ2) is 5.04. The first kappa shape index (κ1) is 11.1. The van der Waals surface area contributed by atoms with Gasteiger partial charge in [-0.2, -0.15) is 0 Å². The van der Waals surface area contributed by atoms with Crippen LogP contribution in [0.1, 0.15) is 17.3 Å². The van der Waals surface area contributed by atoms with Crippen molar-refractivity contribution in [2.24, 2.45) is 10.9 Å². The third-order valence-corrected chi connectivity index (χ3v) is 1.92. The average Bonchev–Trinajstić information content (AvgIpc) is 2.77. The molecule has 0 aromatic carbocycles. The molecule has 0 saturated carbocycles. The highest BCUT2D eigenvalue weighted by Gasteiger charge is 2.16. The number of nitrogens with zero attached hydrogens (tertiary/aromatic N) is 2. The first-order valence-corrected chi connectivity index (χ1v) is 4.47. The standard InChI is InChI=1S/C9H13N3O3/c1-2-12(5-8(10)11-14)9(13)7-3-4-15-6-7/h3-4,6,14H,2,5H2,1H3,(H2,10,11). The minimum absolute atomic E-state index is 0.00584. The van der Waals surface area contributed by atoms with Crippen LogP contribution >= 0.6 is 0 Å². The van der Waals surface area contributed by atoms with E-state index in [1.807, 2.05) is 6.92 Å². The Kier molecular flexibility index (Phi) is 3.73. The molecule has 0 bridgehead atoms. The van der Waals surface area contributed by atoms with Gasteiger partial charge in [0, 0.05) is 6.54 Å². The molecule has 0 unspecified atom stereocenters. The topological polar surface area (TPSA) is 92.1 Å². The molecule has 1 amide bonds. The summed E-state index contributed by atoms with van der Waals surface area (Å²) in [7, 11) is 0. The van der Waals surface area contributed by atoms with Gasteiger partial charge in [-0.15, -0.1) is 0 Å². The lowest BCUT2D eigenvalue weighted by molar-refractivity contribution is 0.0785. The van der Waals surface area contributed by atoms with Gasteiger partial charge in [0.15, 0.2) is 5.84 Å². The maximum absolute atomic E-state index is 11.8. The Labute approximate surface area is 87.0 Å². The van der Waals surface area contributed by atoms with E-state index < -0.39 is 0 Å². The molecular weight excluding hydrogens is 198 g/mol. The first-order valence-electron chi connectivity index (χ1n) is 4.47. The predicted octanol–water partition coefficient (Wildman–Crippen LogP) is 0.488. The summed E-state index contributed by atoms with van der Waals surface area (Å²) in [4.78, 5) is 13.2. The maximum atomic E-state index is 11.8. The highest BCUT2D eigenvalue weighted by atomic mass is 16.4. The maximum Gasteiger partial charge on any atom is 0.257 e. The third-order valence-electron chi connectivity index (χ3n) is 1.92. The Morgan fingerprint density at radius 2 is 2.47 bits per heavy atom. The first-order chi connectivity index (χ1) is 7.19. The molecule has 3 N–H and O–H groups in total. The summed E-state index contributed by atoms with van der Waals surface area (Å²) >= 11 is 0. The van der Waals surface area contributed by atoms with Crippen LogP contribution in [-0.4, -0.2) is 34.9 Å². The molecule has 6 nitrogen and oxygen atoms in total. The molecule has 82 valence electrons. The summed E-state index contributed by atoms with van der Waals surface area (Å²) in [5.74, 6) is -0.216. The van der Waals surface area contributed by atoms with E-state index in [2.05, 4.69) is 5.16 Å². The van der Waals surface area contributed by atoms with E-state index in [4.69, 9.17) is 15.4 Å². The number of amides is 1. The Hall–Kier alpha value is -1.98. The zero-order chi connectivity index (χ0) is 11.3. The Balaban J connectivity index is 2.71. The number of hydrogen-bond acceptors (Lipinski definition) is 4. The molecular formula is C9H13N3O3. The Bertz CT molecular complexity index is 345. The van der Waals surface area contributed by atoms with Crippen molar-refractivity contribution in [1.29, 1.82) is 0 Å². The lowest BCUT2D eigenvalue weighted by atomic mass is 10.3. The van der Waals surface area contributed by atoms with Gasteiger partial charge in [0.1, 0.15) is 6.26 Å². The molecule has 6 heteroatoms. The number of hydrogen-bond donors (Lipinski definition) is 2. The number of amidine groups is 1. The van der Waals surface area contributed by atoms with Gasteiger partial charge < -0.3 is 20.3 Å². The molecule has 0 radical (unpaired) electrons. The van der Waals surface area contributed by atoms with Crippen LogP contribution in [0.15, 0.2) is 28.2 Å². The number of rotatable bonds is 4. The Morgan fingerprint density at radius 3 is 2.93 bits per heavy atom. The van der Waals surface area contributed by atoms with Crippen LogP contribution in [0.5, 0.6) is 0 Å². The van der Waals surface area contributed by atoms with E-state index in [1.54, 1.807) is 6.07 Å². The van der Waals surface area contributed by atoms with E-state index in [9.17, 15) is 4.79 Å². The van der Waals surface area contributed by atoms with E-state index in [1.165, 1.54) is 17.4 Å². The number of carbonyl (C=O) groups is 1. The van der Waals surface area contributed by atoms with Gasteiger partial charge in [0.05, 0.1) is 18.4 Å². The van der Waals surface area contributed by atoms with Gasteiger partial charge >= 0.3 is 0 Å². The summed E-state index contributed by atoms with van der Waals surface area (Å²) in [5.41, 5.74) is 5.77. The molecule has 0 aliphatic rings. The van der Waals surface area contributed by atoms with Crippen molar-refractivity contribution >= 4 is 11.7 Å². The van der Waals surface area contributed by atoms with Crippen LogP contribution in [0.4, 0.5) is 0 Å². The van der Waals surface area contributed by atoms with Gasteiger partial charge in [0.25, 0.3) is 5.91 Å². The van der Waals surface area contributed by atoms with Crippen LogP contribution in [0.3, 0.4) is 0 Å². The summed E-state index contributed by atoms with van der Waals surface area (Å²) in [5, 5.41) is 11.2. The van der Waals surface area contributed by atoms with Crippen molar-refractivity contribution in [3.05, 3.63) is 24.2 Å². The van der Waals surface area contributed by atoms with Crippen molar-refractivity contribution in [3.63, 3.8) is 0 Å². The second-order valence-corrected chi connectivity index (χ2v) is 2.92. The number of furan rings is 1. The summed E-state index contributed by atoms with van der Waals surface area (Å²) < 4.78 is 4.80. The molecule has 0 atom stereocenters. The van der Waals surface area contributed by atoms with Crippen molar-refractivity contribution in [2.75, 3.05) is 13.1 Å². The fourth-order valence-corrected chi connectivity index (χ4v) is 1.12. The van der Waals surface area contributed by atoms with E-state index in [-0.39, 0.29) is 18.3 Å². The molecule has 0 spiro atoms. The van der Waals surface area contributed by atoms with E-state index >= 15 is 0 Å². The summed E-state index contributed by atoms with van der Waals surface area (Å²) in [6.07, 6.45) is 2.78. The van der Waals surface area contributed by atoms with Gasteiger partial charge in [-0.25, -0.2) is 0 Å². The molecule has 1 aromatic rings. The molecule has 0 fully saturated rings. The van der Waals surface area contributed by atoms with Crippen molar-refractivity contribution < 1.29 is 14.4 Å². The lowest BCUT2D eigenvalue weighted by Crippen LogP contribution is -2.38. The average molecular weight is 211 g/mol. The molecule has 0 aliphatic heterocycles. The fraction of sp³-hybridized carbons (Fsp3) is 0.333.